The van der Waals surface area contributed by atoms with Crippen LogP contribution in [0, 0.1) is 0 Å². The van der Waals surface area contributed by atoms with Gasteiger partial charge >= 0.3 is 5.97 Å². The van der Waals surface area contributed by atoms with Gasteiger partial charge in [0.15, 0.2) is 5.69 Å². The van der Waals surface area contributed by atoms with Crippen LogP contribution in [0.3, 0.4) is 0 Å². The first-order valence-electron chi connectivity index (χ1n) is 7.84. The van der Waals surface area contributed by atoms with E-state index in [4.69, 9.17) is 0 Å². The van der Waals surface area contributed by atoms with Crippen molar-refractivity contribution in [2.75, 3.05) is 0 Å². The maximum Gasteiger partial charge on any atom is 0.356 e. The number of carbonyl (C=O) groups is 1. The molecule has 0 radical (unpaired) electrons. The summed E-state index contributed by atoms with van der Waals surface area (Å²) in [6, 6.07) is 8.28. The SMILES string of the molecule is C=CCn1nc(C(=O)O)c(CC)c1-c1ccc(C(C)(C)C)cc1. The molecule has 0 bridgehead atoms. The highest BCUT2D eigenvalue weighted by Crippen LogP contribution is 2.30. The first kappa shape index (κ1) is 17.0. The largest absolute Gasteiger partial charge is 0.476 e. The Hall–Kier alpha value is -2.36. The quantitative estimate of drug-likeness (QED) is 0.838. The molecular formula is C19H24N2O2. The summed E-state index contributed by atoms with van der Waals surface area (Å²) in [6.45, 7) is 12.7. The fourth-order valence-corrected chi connectivity index (χ4v) is 2.71. The van der Waals surface area contributed by atoms with Gasteiger partial charge in [-0.3, -0.25) is 4.68 Å². The minimum atomic E-state index is -0.989. The van der Waals surface area contributed by atoms with Crippen LogP contribution in [0.25, 0.3) is 11.3 Å². The molecule has 1 N–H and O–H groups in total. The van der Waals surface area contributed by atoms with Crippen LogP contribution in [-0.2, 0) is 18.4 Å². The summed E-state index contributed by atoms with van der Waals surface area (Å²) in [5.41, 5.74) is 4.07. The third-order valence-corrected chi connectivity index (χ3v) is 3.93. The molecule has 23 heavy (non-hydrogen) atoms. The van der Waals surface area contributed by atoms with E-state index >= 15 is 0 Å². The molecule has 0 aliphatic carbocycles. The van der Waals surface area contributed by atoms with Crippen LogP contribution in [0.1, 0.15) is 49.3 Å². The van der Waals surface area contributed by atoms with Gasteiger partial charge in [0.25, 0.3) is 0 Å². The van der Waals surface area contributed by atoms with Crippen molar-refractivity contribution in [1.82, 2.24) is 9.78 Å². The van der Waals surface area contributed by atoms with Crippen LogP contribution in [0.5, 0.6) is 0 Å². The third-order valence-electron chi connectivity index (χ3n) is 3.93. The molecular weight excluding hydrogens is 288 g/mol. The number of hydrogen-bond donors (Lipinski definition) is 1. The van der Waals surface area contributed by atoms with Gasteiger partial charge in [0, 0.05) is 11.1 Å². The summed E-state index contributed by atoms with van der Waals surface area (Å²) in [6.07, 6.45) is 2.35. The molecule has 0 amide bonds. The first-order valence-corrected chi connectivity index (χ1v) is 7.84. The predicted molar refractivity (Wildman–Crippen MR) is 92.9 cm³/mol. The van der Waals surface area contributed by atoms with Crippen LogP contribution >= 0.6 is 0 Å². The van der Waals surface area contributed by atoms with Gasteiger partial charge in [0.05, 0.1) is 12.2 Å². The molecule has 1 aromatic heterocycles. The zero-order chi connectivity index (χ0) is 17.2. The number of aromatic carboxylic acids is 1. The van der Waals surface area contributed by atoms with E-state index in [0.29, 0.717) is 13.0 Å². The second-order valence-corrected chi connectivity index (χ2v) is 6.63. The fraction of sp³-hybridized carbons (Fsp3) is 0.368. The number of aromatic nitrogens is 2. The van der Waals surface area contributed by atoms with Crippen LogP contribution in [-0.4, -0.2) is 20.9 Å². The van der Waals surface area contributed by atoms with Gasteiger partial charge in [-0.15, -0.1) is 6.58 Å². The Labute approximate surface area is 137 Å². The molecule has 0 spiro atoms. The summed E-state index contributed by atoms with van der Waals surface area (Å²) < 4.78 is 1.72. The molecule has 0 aliphatic rings. The number of nitrogens with zero attached hydrogens (tertiary/aromatic N) is 2. The maximum atomic E-state index is 11.5. The van der Waals surface area contributed by atoms with Crippen molar-refractivity contribution >= 4 is 5.97 Å². The van der Waals surface area contributed by atoms with Gasteiger partial charge in [0.1, 0.15) is 0 Å². The second kappa shape index (κ2) is 6.41. The van der Waals surface area contributed by atoms with Crippen molar-refractivity contribution in [1.29, 1.82) is 0 Å². The van der Waals surface area contributed by atoms with Crippen LogP contribution in [0.2, 0.25) is 0 Å². The Balaban J connectivity index is 2.61. The van der Waals surface area contributed by atoms with Crippen molar-refractivity contribution in [3.05, 3.63) is 53.7 Å². The highest BCUT2D eigenvalue weighted by molar-refractivity contribution is 5.89. The van der Waals surface area contributed by atoms with E-state index < -0.39 is 5.97 Å². The van der Waals surface area contributed by atoms with Gasteiger partial charge in [-0.1, -0.05) is 58.0 Å². The Morgan fingerprint density at radius 3 is 2.35 bits per heavy atom. The number of allylic oxidation sites excluding steroid dienone is 1. The average Bonchev–Trinajstić information content (AvgIpc) is 2.85. The summed E-state index contributed by atoms with van der Waals surface area (Å²) >= 11 is 0. The van der Waals surface area contributed by atoms with Crippen LogP contribution < -0.4 is 0 Å². The number of benzene rings is 1. The summed E-state index contributed by atoms with van der Waals surface area (Å²) in [4.78, 5) is 11.5. The van der Waals surface area contributed by atoms with E-state index in [1.165, 1.54) is 5.56 Å². The molecule has 0 unspecified atom stereocenters. The third kappa shape index (κ3) is 3.36. The Kier molecular flexibility index (Phi) is 4.73. The van der Waals surface area contributed by atoms with Crippen molar-refractivity contribution in [2.24, 2.45) is 0 Å². The Bertz CT molecular complexity index is 719. The standard InChI is InChI=1S/C19H24N2O2/c1-6-12-21-17(15(7-2)16(20-21)18(22)23)13-8-10-14(11-9-13)19(3,4)5/h6,8-11H,1,7,12H2,2-5H3,(H,22,23). The highest BCUT2D eigenvalue weighted by atomic mass is 16.4. The maximum absolute atomic E-state index is 11.5. The normalized spacial score (nSPS) is 11.5. The minimum Gasteiger partial charge on any atom is -0.476 e. The minimum absolute atomic E-state index is 0.0830. The van der Waals surface area contributed by atoms with Crippen molar-refractivity contribution in [2.45, 2.75) is 46.1 Å². The molecule has 2 rings (SSSR count). The average molecular weight is 312 g/mol. The van der Waals surface area contributed by atoms with E-state index in [1.807, 2.05) is 19.1 Å². The van der Waals surface area contributed by atoms with Crippen LogP contribution in [0.15, 0.2) is 36.9 Å². The topological polar surface area (TPSA) is 55.1 Å². The number of carboxylic acids is 1. The fourth-order valence-electron chi connectivity index (χ4n) is 2.71. The molecule has 0 saturated carbocycles. The molecule has 1 heterocycles. The predicted octanol–water partition coefficient (Wildman–Crippen LogP) is 4.29. The molecule has 4 heteroatoms. The summed E-state index contributed by atoms with van der Waals surface area (Å²) in [5.74, 6) is -0.989. The zero-order valence-corrected chi connectivity index (χ0v) is 14.3. The number of hydrogen-bond acceptors (Lipinski definition) is 2. The molecule has 1 aromatic carbocycles. The van der Waals surface area contributed by atoms with Gasteiger partial charge < -0.3 is 5.11 Å². The molecule has 0 saturated heterocycles. The highest BCUT2D eigenvalue weighted by Gasteiger charge is 2.22. The lowest BCUT2D eigenvalue weighted by atomic mass is 9.86. The molecule has 0 aliphatic heterocycles. The van der Waals surface area contributed by atoms with E-state index in [9.17, 15) is 9.90 Å². The smallest absolute Gasteiger partial charge is 0.356 e. The first-order chi connectivity index (χ1) is 10.8. The summed E-state index contributed by atoms with van der Waals surface area (Å²) in [5, 5.41) is 13.7. The molecule has 0 atom stereocenters. The van der Waals surface area contributed by atoms with Gasteiger partial charge in [-0.05, 0) is 17.4 Å². The van der Waals surface area contributed by atoms with Gasteiger partial charge in [-0.25, -0.2) is 4.79 Å². The Morgan fingerprint density at radius 1 is 1.30 bits per heavy atom. The number of rotatable bonds is 5. The van der Waals surface area contributed by atoms with Gasteiger partial charge in [0.2, 0.25) is 0 Å². The van der Waals surface area contributed by atoms with Gasteiger partial charge in [-0.2, -0.15) is 5.10 Å². The van der Waals surface area contributed by atoms with E-state index in [2.05, 4.69) is 44.6 Å². The lowest BCUT2D eigenvalue weighted by Gasteiger charge is -2.19. The van der Waals surface area contributed by atoms with Crippen molar-refractivity contribution in [3.63, 3.8) is 0 Å². The number of carboxylic acid groups (broad SMARTS) is 1. The van der Waals surface area contributed by atoms with Crippen molar-refractivity contribution in [3.8, 4) is 11.3 Å². The molecule has 0 fully saturated rings. The van der Waals surface area contributed by atoms with Crippen molar-refractivity contribution < 1.29 is 9.90 Å². The van der Waals surface area contributed by atoms with E-state index in [0.717, 1.165) is 16.8 Å². The lowest BCUT2D eigenvalue weighted by molar-refractivity contribution is 0.0688. The molecule has 4 nitrogen and oxygen atoms in total. The Morgan fingerprint density at radius 2 is 1.91 bits per heavy atom. The monoisotopic (exact) mass is 312 g/mol. The van der Waals surface area contributed by atoms with E-state index in [-0.39, 0.29) is 11.1 Å². The lowest BCUT2D eigenvalue weighted by Crippen LogP contribution is -2.10. The second-order valence-electron chi connectivity index (χ2n) is 6.63. The molecule has 122 valence electrons. The van der Waals surface area contributed by atoms with E-state index in [1.54, 1.807) is 10.8 Å². The van der Waals surface area contributed by atoms with Crippen LogP contribution in [0.4, 0.5) is 0 Å². The zero-order valence-electron chi connectivity index (χ0n) is 14.3. The molecule has 2 aromatic rings. The summed E-state index contributed by atoms with van der Waals surface area (Å²) in [7, 11) is 0.